The third-order valence-corrected chi connectivity index (χ3v) is 6.65. The molecule has 0 saturated carbocycles. The summed E-state index contributed by atoms with van der Waals surface area (Å²) in [5, 5.41) is 16.2. The number of non-ortho nitro benzene ring substituents is 1. The van der Waals surface area contributed by atoms with E-state index in [0.29, 0.717) is 23.5 Å². The normalized spacial score (nSPS) is 16.7. The summed E-state index contributed by atoms with van der Waals surface area (Å²) >= 11 is 5.29. The van der Waals surface area contributed by atoms with Crippen LogP contribution >= 0.6 is 12.2 Å². The fourth-order valence-corrected chi connectivity index (χ4v) is 4.65. The molecular weight excluding hydrogens is 534 g/mol. The number of thiocarbonyl (C=S) groups is 1. The molecule has 0 radical (unpaired) electrons. The lowest BCUT2D eigenvalue weighted by molar-refractivity contribution is -0.655. The number of carbonyl (C=O) groups is 2. The molecule has 13 heteroatoms. The van der Waals surface area contributed by atoms with Crippen LogP contribution in [0.2, 0.25) is 0 Å². The number of anilines is 1. The first-order valence-corrected chi connectivity index (χ1v) is 12.2. The number of quaternary nitrogens is 1. The lowest BCUT2D eigenvalue weighted by Gasteiger charge is -2.30. The van der Waals surface area contributed by atoms with E-state index in [9.17, 15) is 19.7 Å². The Kier molecular flexibility index (Phi) is 9.61. The highest BCUT2D eigenvalue weighted by atomic mass is 35.5. The lowest BCUT2D eigenvalue weighted by atomic mass is 10.0. The Morgan fingerprint density at radius 1 is 1.11 bits per heavy atom. The first kappa shape index (κ1) is 28.8. The van der Waals surface area contributed by atoms with Crippen molar-refractivity contribution >= 4 is 46.6 Å². The zero-order valence-corrected chi connectivity index (χ0v) is 22.5. The second-order valence-electron chi connectivity index (χ2n) is 8.57. The highest BCUT2D eigenvalue weighted by molar-refractivity contribution is 7.80. The molecule has 11 nitrogen and oxygen atoms in total. The van der Waals surface area contributed by atoms with Crippen molar-refractivity contribution in [1.82, 2.24) is 10.2 Å². The van der Waals surface area contributed by atoms with Gasteiger partial charge in [0.25, 0.3) is 17.5 Å². The zero-order chi connectivity index (χ0) is 26.5. The molecule has 2 saturated heterocycles. The Balaban J connectivity index is 0.00000400. The van der Waals surface area contributed by atoms with Crippen molar-refractivity contribution < 1.29 is 41.7 Å². The maximum atomic E-state index is 13.4. The fourth-order valence-electron chi connectivity index (χ4n) is 4.38. The molecule has 0 aliphatic carbocycles. The summed E-state index contributed by atoms with van der Waals surface area (Å²) < 4.78 is 10.6. The predicted octanol–water partition coefficient (Wildman–Crippen LogP) is -2.13. The first-order valence-electron chi connectivity index (χ1n) is 11.8. The number of nitro groups is 1. The SMILES string of the molecule is COc1ccc(CCN2C(=O)/C(=C\c3cc([N+](=O)[O-])ccc3N3CC[NH2+]CC3)C(=O)NC2=S)cc1OC.[Cl-]. The van der Waals surface area contributed by atoms with Gasteiger partial charge in [-0.2, -0.15) is 0 Å². The molecule has 2 fully saturated rings. The second-order valence-corrected chi connectivity index (χ2v) is 8.95. The van der Waals surface area contributed by atoms with Gasteiger partial charge in [-0.25, -0.2) is 0 Å². The smallest absolute Gasteiger partial charge is 0.270 e. The Labute approximate surface area is 231 Å². The van der Waals surface area contributed by atoms with E-state index in [0.717, 1.165) is 37.4 Å². The van der Waals surface area contributed by atoms with E-state index in [2.05, 4.69) is 15.5 Å². The van der Waals surface area contributed by atoms with Crippen molar-refractivity contribution in [1.29, 1.82) is 0 Å². The van der Waals surface area contributed by atoms with E-state index >= 15 is 0 Å². The third kappa shape index (κ3) is 6.21. The van der Waals surface area contributed by atoms with E-state index in [4.69, 9.17) is 21.7 Å². The number of nitrogens with one attached hydrogen (secondary N) is 1. The molecule has 0 atom stereocenters. The van der Waals surface area contributed by atoms with E-state index in [-0.39, 0.29) is 35.3 Å². The van der Waals surface area contributed by atoms with Crippen LogP contribution in [0.4, 0.5) is 11.4 Å². The number of carbonyl (C=O) groups excluding carboxylic acids is 2. The van der Waals surface area contributed by atoms with Gasteiger partial charge in [-0.05, 0) is 48.5 Å². The molecule has 0 aromatic heterocycles. The topological polar surface area (TPSA) is 131 Å². The number of nitrogens with zero attached hydrogens (tertiary/aromatic N) is 3. The molecule has 4 rings (SSSR count). The minimum Gasteiger partial charge on any atom is -1.00 e. The number of hydrogen-bond donors (Lipinski definition) is 2. The number of methoxy groups -OCH3 is 2. The van der Waals surface area contributed by atoms with Gasteiger partial charge in [0.1, 0.15) is 5.57 Å². The Morgan fingerprint density at radius 3 is 2.47 bits per heavy atom. The molecule has 0 unspecified atom stereocenters. The van der Waals surface area contributed by atoms with Crippen molar-refractivity contribution in [3.8, 4) is 11.5 Å². The van der Waals surface area contributed by atoms with Crippen LogP contribution in [-0.4, -0.2) is 73.7 Å². The highest BCUT2D eigenvalue weighted by Crippen LogP contribution is 2.30. The van der Waals surface area contributed by atoms with Crippen molar-refractivity contribution in [3.05, 3.63) is 63.2 Å². The van der Waals surface area contributed by atoms with Gasteiger partial charge >= 0.3 is 0 Å². The average molecular weight is 562 g/mol. The number of rotatable bonds is 8. The Bertz CT molecular complexity index is 1280. The fraction of sp³-hybridized carbons (Fsp3) is 0.320. The summed E-state index contributed by atoms with van der Waals surface area (Å²) in [5.41, 5.74) is 1.80. The first-order chi connectivity index (χ1) is 17.8. The van der Waals surface area contributed by atoms with Gasteiger partial charge < -0.3 is 32.1 Å². The van der Waals surface area contributed by atoms with Gasteiger partial charge in [0.05, 0.1) is 45.3 Å². The molecule has 2 aliphatic rings. The van der Waals surface area contributed by atoms with Crippen LogP contribution in [0.3, 0.4) is 0 Å². The monoisotopic (exact) mass is 561 g/mol. The number of halogens is 1. The molecular formula is C25H28ClN5O6S. The van der Waals surface area contributed by atoms with E-state index < -0.39 is 16.7 Å². The van der Waals surface area contributed by atoms with Crippen LogP contribution < -0.4 is 37.4 Å². The molecule has 2 aromatic carbocycles. The van der Waals surface area contributed by atoms with Crippen LogP contribution in [-0.2, 0) is 16.0 Å². The van der Waals surface area contributed by atoms with Crippen LogP contribution in [0.1, 0.15) is 11.1 Å². The minimum absolute atomic E-state index is 0. The molecule has 0 spiro atoms. The number of piperazine rings is 1. The van der Waals surface area contributed by atoms with Gasteiger partial charge in [-0.15, -0.1) is 0 Å². The van der Waals surface area contributed by atoms with Crippen LogP contribution in [0.15, 0.2) is 42.0 Å². The van der Waals surface area contributed by atoms with Gasteiger partial charge in [0.15, 0.2) is 16.6 Å². The molecule has 2 aromatic rings. The standard InChI is InChI=1S/C25H27N5O6S.ClH/c1-35-21-6-3-16(13-22(21)36-2)7-10-29-24(32)19(23(31)27-25(29)37)15-17-14-18(30(33)34)4-5-20(17)28-11-8-26-9-12-28;/h3-6,13-15,26H,7-12H2,1-2H3,(H,27,31,37);1H/b19-15-;. The predicted molar refractivity (Wildman–Crippen MR) is 141 cm³/mol. The Morgan fingerprint density at radius 2 is 1.82 bits per heavy atom. The van der Waals surface area contributed by atoms with Crippen LogP contribution in [0.25, 0.3) is 6.08 Å². The highest BCUT2D eigenvalue weighted by Gasteiger charge is 2.33. The largest absolute Gasteiger partial charge is 1.00 e. The van der Waals surface area contributed by atoms with E-state index in [1.54, 1.807) is 26.4 Å². The van der Waals surface area contributed by atoms with Crippen LogP contribution in [0.5, 0.6) is 11.5 Å². The van der Waals surface area contributed by atoms with Crippen molar-refractivity contribution in [2.75, 3.05) is 51.8 Å². The number of ether oxygens (including phenoxy) is 2. The van der Waals surface area contributed by atoms with Gasteiger partial charge in [0, 0.05) is 29.9 Å². The molecule has 38 heavy (non-hydrogen) atoms. The zero-order valence-electron chi connectivity index (χ0n) is 20.9. The summed E-state index contributed by atoms with van der Waals surface area (Å²) in [5.74, 6) is -0.0388. The summed E-state index contributed by atoms with van der Waals surface area (Å²) in [6.45, 7) is 3.47. The van der Waals surface area contributed by atoms with Crippen molar-refractivity contribution in [2.45, 2.75) is 6.42 Å². The molecule has 202 valence electrons. The van der Waals surface area contributed by atoms with E-state index in [1.807, 2.05) is 12.1 Å². The maximum absolute atomic E-state index is 13.4. The summed E-state index contributed by atoms with van der Waals surface area (Å²) in [7, 11) is 3.09. The van der Waals surface area contributed by atoms with Gasteiger partial charge in [-0.3, -0.25) is 29.9 Å². The average Bonchev–Trinajstić information content (AvgIpc) is 2.91. The van der Waals surface area contributed by atoms with Crippen molar-refractivity contribution in [2.24, 2.45) is 0 Å². The molecule has 3 N–H and O–H groups in total. The minimum atomic E-state index is -0.637. The quantitative estimate of drug-likeness (QED) is 0.123. The van der Waals surface area contributed by atoms with Gasteiger partial charge in [0.2, 0.25) is 0 Å². The third-order valence-electron chi connectivity index (χ3n) is 6.33. The second kappa shape index (κ2) is 12.7. The molecule has 2 aliphatic heterocycles. The maximum Gasteiger partial charge on any atom is 0.270 e. The number of benzene rings is 2. The number of hydrogen-bond acceptors (Lipinski definition) is 8. The summed E-state index contributed by atoms with van der Waals surface area (Å²) in [6, 6.07) is 9.95. The van der Waals surface area contributed by atoms with Gasteiger partial charge in [-0.1, -0.05) is 6.07 Å². The molecule has 2 amide bonds. The summed E-state index contributed by atoms with van der Waals surface area (Å²) in [6.07, 6.45) is 1.87. The lowest BCUT2D eigenvalue weighted by Crippen LogP contribution is -3.00. The molecule has 2 heterocycles. The number of nitrogens with two attached hydrogens (primary N) is 1. The number of nitro benzene ring substituents is 1. The Hall–Kier alpha value is -3.74. The molecule has 0 bridgehead atoms. The number of amides is 2. The van der Waals surface area contributed by atoms with E-state index in [1.165, 1.54) is 23.1 Å². The summed E-state index contributed by atoms with van der Waals surface area (Å²) in [4.78, 5) is 40.6. The van der Waals surface area contributed by atoms with Crippen LogP contribution in [0, 0.1) is 10.1 Å². The van der Waals surface area contributed by atoms with Crippen molar-refractivity contribution in [3.63, 3.8) is 0 Å².